The van der Waals surface area contributed by atoms with E-state index >= 15 is 0 Å². The molecule has 0 aromatic rings. The first-order chi connectivity index (χ1) is 5.74. The Balaban J connectivity index is 2.56. The van der Waals surface area contributed by atoms with E-state index in [1.165, 1.54) is 6.08 Å². The molecule has 1 aliphatic heterocycles. The maximum absolute atomic E-state index is 10.5. The van der Waals surface area contributed by atoms with E-state index in [1.54, 1.807) is 6.92 Å². The Bertz CT molecular complexity index is 191. The number of carboxylic acids is 1. The monoisotopic (exact) mass is 172 g/mol. The second kappa shape index (κ2) is 4.23. The van der Waals surface area contributed by atoms with E-state index in [4.69, 9.17) is 14.6 Å². The number of aliphatic carboxylic acids is 1. The lowest BCUT2D eigenvalue weighted by atomic mass is 10.2. The van der Waals surface area contributed by atoms with Crippen LogP contribution in [0, 0.1) is 0 Å². The summed E-state index contributed by atoms with van der Waals surface area (Å²) in [4.78, 5) is 10.5. The third-order valence-electron chi connectivity index (χ3n) is 1.64. The van der Waals surface area contributed by atoms with Crippen LogP contribution in [0.25, 0.3) is 0 Å². The zero-order valence-electron chi connectivity index (χ0n) is 6.95. The average Bonchev–Trinajstić information content (AvgIpc) is 2.51. The van der Waals surface area contributed by atoms with Crippen LogP contribution in [0.15, 0.2) is 11.6 Å². The molecule has 0 spiro atoms. The number of carboxylic acid groups (broad SMARTS) is 1. The second-order valence-electron chi connectivity index (χ2n) is 2.46. The summed E-state index contributed by atoms with van der Waals surface area (Å²) in [7, 11) is 0. The number of hydrogen-bond donors (Lipinski definition) is 1. The van der Waals surface area contributed by atoms with Crippen LogP contribution in [0.4, 0.5) is 0 Å². The molecule has 0 saturated carbocycles. The van der Waals surface area contributed by atoms with Crippen LogP contribution in [-0.2, 0) is 14.3 Å². The summed E-state index contributed by atoms with van der Waals surface area (Å²) in [5.41, 5.74) is 0.335. The predicted octanol–water partition coefficient (Wildman–Crippen LogP) is 0.780. The van der Waals surface area contributed by atoms with Crippen molar-refractivity contribution in [3.8, 4) is 0 Å². The van der Waals surface area contributed by atoms with Gasteiger partial charge in [0.1, 0.15) is 0 Å². The van der Waals surface area contributed by atoms with E-state index in [9.17, 15) is 4.79 Å². The number of carbonyl (C=O) groups is 1. The molecule has 1 N–H and O–H groups in total. The largest absolute Gasteiger partial charge is 0.478 e. The Kier molecular flexibility index (Phi) is 3.25. The van der Waals surface area contributed by atoms with Crippen molar-refractivity contribution < 1.29 is 19.4 Å². The molecule has 12 heavy (non-hydrogen) atoms. The second-order valence-corrected chi connectivity index (χ2v) is 2.46. The molecule has 4 heteroatoms. The van der Waals surface area contributed by atoms with Gasteiger partial charge in [0, 0.05) is 5.57 Å². The van der Waals surface area contributed by atoms with E-state index in [1.807, 2.05) is 0 Å². The van der Waals surface area contributed by atoms with Gasteiger partial charge in [0.15, 0.2) is 6.29 Å². The first kappa shape index (κ1) is 9.22. The highest BCUT2D eigenvalue weighted by atomic mass is 16.7. The van der Waals surface area contributed by atoms with Crippen molar-refractivity contribution in [3.63, 3.8) is 0 Å². The highest BCUT2D eigenvalue weighted by Gasteiger charge is 2.15. The van der Waals surface area contributed by atoms with Crippen LogP contribution >= 0.6 is 0 Å². The van der Waals surface area contributed by atoms with E-state index in [2.05, 4.69) is 0 Å². The van der Waals surface area contributed by atoms with Crippen molar-refractivity contribution >= 4 is 5.97 Å². The summed E-state index contributed by atoms with van der Waals surface area (Å²) in [6.45, 7) is 2.87. The third kappa shape index (κ3) is 2.32. The average molecular weight is 172 g/mol. The summed E-state index contributed by atoms with van der Waals surface area (Å²) >= 11 is 0. The van der Waals surface area contributed by atoms with E-state index < -0.39 is 12.3 Å². The Morgan fingerprint density at radius 1 is 1.58 bits per heavy atom. The highest BCUT2D eigenvalue weighted by molar-refractivity contribution is 5.86. The quantitative estimate of drug-likeness (QED) is 0.639. The number of ether oxygens (including phenoxy) is 2. The minimum absolute atomic E-state index is 0.335. The standard InChI is InChI=1S/C8H12O4/c1-2-6(8(9)10)5-7-11-3-4-12-7/h5,7H,2-4H2,1H3,(H,9,10). The molecule has 68 valence electrons. The molecule has 1 aliphatic rings. The van der Waals surface area contributed by atoms with E-state index in [-0.39, 0.29) is 0 Å². The Labute approximate surface area is 70.8 Å². The molecule has 0 aliphatic carbocycles. The topological polar surface area (TPSA) is 55.8 Å². The molecule has 0 radical (unpaired) electrons. The van der Waals surface area contributed by atoms with Gasteiger partial charge in [0.05, 0.1) is 13.2 Å². The summed E-state index contributed by atoms with van der Waals surface area (Å²) in [6.07, 6.45) is 1.53. The highest BCUT2D eigenvalue weighted by Crippen LogP contribution is 2.10. The lowest BCUT2D eigenvalue weighted by Crippen LogP contribution is -2.08. The molecule has 0 amide bonds. The van der Waals surface area contributed by atoms with Crippen molar-refractivity contribution in [1.29, 1.82) is 0 Å². The van der Waals surface area contributed by atoms with Crippen molar-refractivity contribution in [3.05, 3.63) is 11.6 Å². The Hall–Kier alpha value is -0.870. The molecule has 1 fully saturated rings. The summed E-state index contributed by atoms with van der Waals surface area (Å²) in [5.74, 6) is -0.906. The molecular weight excluding hydrogens is 160 g/mol. The molecule has 0 bridgehead atoms. The fourth-order valence-corrected chi connectivity index (χ4v) is 0.978. The molecule has 0 atom stereocenters. The van der Waals surface area contributed by atoms with Crippen molar-refractivity contribution in [2.24, 2.45) is 0 Å². The molecule has 0 unspecified atom stereocenters. The van der Waals surface area contributed by atoms with Crippen LogP contribution in [0.2, 0.25) is 0 Å². The van der Waals surface area contributed by atoms with Gasteiger partial charge in [-0.3, -0.25) is 0 Å². The lowest BCUT2D eigenvalue weighted by molar-refractivity contribution is -0.133. The van der Waals surface area contributed by atoms with Gasteiger partial charge in [0.25, 0.3) is 0 Å². The molecule has 4 nitrogen and oxygen atoms in total. The van der Waals surface area contributed by atoms with Crippen molar-refractivity contribution in [2.45, 2.75) is 19.6 Å². The maximum atomic E-state index is 10.5. The first-order valence-electron chi connectivity index (χ1n) is 3.91. The number of hydrogen-bond acceptors (Lipinski definition) is 3. The zero-order valence-corrected chi connectivity index (χ0v) is 6.95. The van der Waals surface area contributed by atoms with Crippen LogP contribution in [-0.4, -0.2) is 30.6 Å². The van der Waals surface area contributed by atoms with Crippen LogP contribution in [0.5, 0.6) is 0 Å². The third-order valence-corrected chi connectivity index (χ3v) is 1.64. The van der Waals surface area contributed by atoms with Gasteiger partial charge in [-0.1, -0.05) is 6.92 Å². The van der Waals surface area contributed by atoms with Crippen molar-refractivity contribution in [2.75, 3.05) is 13.2 Å². The SMILES string of the molecule is CCC(=CC1OCCO1)C(=O)O. The van der Waals surface area contributed by atoms with Gasteiger partial charge in [0.2, 0.25) is 0 Å². The fraction of sp³-hybridized carbons (Fsp3) is 0.625. The molecule has 1 saturated heterocycles. The molecular formula is C8H12O4. The maximum Gasteiger partial charge on any atom is 0.331 e. The minimum atomic E-state index is -0.906. The van der Waals surface area contributed by atoms with Crippen molar-refractivity contribution in [1.82, 2.24) is 0 Å². The van der Waals surface area contributed by atoms with Crippen LogP contribution < -0.4 is 0 Å². The summed E-state index contributed by atoms with van der Waals surface area (Å²) in [5, 5.41) is 8.65. The summed E-state index contributed by atoms with van der Waals surface area (Å²) < 4.78 is 10.1. The molecule has 1 rings (SSSR count). The van der Waals surface area contributed by atoms with Crippen LogP contribution in [0.1, 0.15) is 13.3 Å². The smallest absolute Gasteiger partial charge is 0.331 e. The fourth-order valence-electron chi connectivity index (χ4n) is 0.978. The lowest BCUT2D eigenvalue weighted by Gasteiger charge is -2.04. The molecule has 0 aromatic carbocycles. The molecule has 1 heterocycles. The Morgan fingerprint density at radius 3 is 2.58 bits per heavy atom. The van der Waals surface area contributed by atoms with Gasteiger partial charge in [-0.25, -0.2) is 4.79 Å². The number of rotatable bonds is 3. The van der Waals surface area contributed by atoms with Gasteiger partial charge in [-0.15, -0.1) is 0 Å². The van der Waals surface area contributed by atoms with E-state index in [0.29, 0.717) is 25.2 Å². The molecule has 0 aromatic heterocycles. The minimum Gasteiger partial charge on any atom is -0.478 e. The van der Waals surface area contributed by atoms with Gasteiger partial charge in [-0.05, 0) is 12.5 Å². The van der Waals surface area contributed by atoms with Crippen LogP contribution in [0.3, 0.4) is 0 Å². The zero-order chi connectivity index (χ0) is 8.97. The summed E-state index contributed by atoms with van der Waals surface area (Å²) in [6, 6.07) is 0. The Morgan fingerprint density at radius 2 is 2.17 bits per heavy atom. The first-order valence-corrected chi connectivity index (χ1v) is 3.91. The predicted molar refractivity (Wildman–Crippen MR) is 41.7 cm³/mol. The van der Waals surface area contributed by atoms with Gasteiger partial charge in [-0.2, -0.15) is 0 Å². The normalized spacial score (nSPS) is 19.9. The van der Waals surface area contributed by atoms with Gasteiger partial charge >= 0.3 is 5.97 Å². The van der Waals surface area contributed by atoms with E-state index in [0.717, 1.165) is 0 Å². The van der Waals surface area contributed by atoms with Gasteiger partial charge < -0.3 is 14.6 Å².